The van der Waals surface area contributed by atoms with Crippen LogP contribution in [-0.4, -0.2) is 257 Å². The van der Waals surface area contributed by atoms with E-state index in [4.69, 9.17) is 47.4 Å². The van der Waals surface area contributed by atoms with Crippen LogP contribution >= 0.6 is 0 Å². The number of carbonyl (C=O) groups is 13. The lowest BCUT2D eigenvalue weighted by Crippen LogP contribution is -2.43. The van der Waals surface area contributed by atoms with Gasteiger partial charge in [-0.25, -0.2) is 19.2 Å². The minimum Gasteiger partial charge on any atom is -0.463 e. The highest BCUT2D eigenvalue weighted by molar-refractivity contribution is 5.84. The Balaban J connectivity index is 5.13. The van der Waals surface area contributed by atoms with Crippen LogP contribution in [0.15, 0.2) is 0 Å². The Bertz CT molecular complexity index is 1700. The first kappa shape index (κ1) is 71.4. The maximum absolute atomic E-state index is 12.8. The van der Waals surface area contributed by atoms with E-state index in [-0.39, 0.29) is 131 Å². The number of hydrogen-bond acceptors (Lipinski definition) is 26. The van der Waals surface area contributed by atoms with Gasteiger partial charge < -0.3 is 79.3 Å². The van der Waals surface area contributed by atoms with Crippen LogP contribution in [0, 0.1) is 0 Å². The van der Waals surface area contributed by atoms with Gasteiger partial charge in [-0.3, -0.25) is 57.9 Å². The third kappa shape index (κ3) is 44.1. The minimum absolute atomic E-state index is 0.00807. The summed E-state index contributed by atoms with van der Waals surface area (Å²) in [5, 5.41) is 13.7. The summed E-state index contributed by atoms with van der Waals surface area (Å²) in [7, 11) is 0. The number of nitrogens with zero attached hydrogens (tertiary/aromatic N) is 3. The molecule has 0 saturated carbocycles. The second-order valence-corrected chi connectivity index (χ2v) is 16.4. The average molecular weight is 1140 g/mol. The van der Waals surface area contributed by atoms with Crippen LogP contribution in [0.1, 0.15) is 60.3 Å². The van der Waals surface area contributed by atoms with Crippen LogP contribution in [0.2, 0.25) is 0 Å². The van der Waals surface area contributed by atoms with Gasteiger partial charge in [0.15, 0.2) is 0 Å². The van der Waals surface area contributed by atoms with E-state index in [2.05, 4.69) is 31.9 Å². The summed E-state index contributed by atoms with van der Waals surface area (Å²) in [6, 6.07) is 0. The van der Waals surface area contributed by atoms with Gasteiger partial charge in [0.2, 0.25) is 11.8 Å². The molecule has 0 radical (unpaired) electrons. The molecule has 0 atom stereocenters. The van der Waals surface area contributed by atoms with Gasteiger partial charge >= 0.3 is 60.2 Å². The maximum atomic E-state index is 12.8. The largest absolute Gasteiger partial charge is 0.463 e. The van der Waals surface area contributed by atoms with E-state index in [0.717, 1.165) is 0 Å². The first-order valence-electron chi connectivity index (χ1n) is 25.6. The SMILES string of the molecule is CCCOC(=O)NCC(=O)OCCN(CCOC(=O)CNC(=O)OCCC)CC(=O)NCC(=O)OCCN(CCOC(=O)CNC(=O)CN(CCOC(=O)CNC(=O)OCCC)CCOC(=O)CNC(=O)OCCC)CC(C)=O. The zero-order valence-corrected chi connectivity index (χ0v) is 45.7. The number of ketones is 1. The van der Waals surface area contributed by atoms with Crippen molar-refractivity contribution in [2.45, 2.75) is 60.3 Å². The van der Waals surface area contributed by atoms with Gasteiger partial charge in [0.1, 0.15) is 84.7 Å². The number of amides is 6. The zero-order chi connectivity index (χ0) is 59.1. The molecule has 0 aliphatic rings. The summed E-state index contributed by atoms with van der Waals surface area (Å²) in [5.41, 5.74) is 0. The molecular formula is C47H79N9O23. The molecule has 0 bridgehead atoms. The lowest BCUT2D eigenvalue weighted by atomic mass is 10.3. The van der Waals surface area contributed by atoms with Crippen molar-refractivity contribution in [2.24, 2.45) is 0 Å². The summed E-state index contributed by atoms with van der Waals surface area (Å²) in [4.78, 5) is 162. The van der Waals surface area contributed by atoms with E-state index in [1.807, 2.05) is 0 Å². The highest BCUT2D eigenvalue weighted by atomic mass is 16.6. The predicted molar refractivity (Wildman–Crippen MR) is 270 cm³/mol. The number of ether oxygens (including phenoxy) is 10. The Kier molecular flexibility index (Phi) is 42.0. The van der Waals surface area contributed by atoms with Gasteiger partial charge in [-0.2, -0.15) is 0 Å². The number of esters is 6. The van der Waals surface area contributed by atoms with Crippen LogP contribution < -0.4 is 31.9 Å². The van der Waals surface area contributed by atoms with Gasteiger partial charge in [0.05, 0.1) is 46.1 Å². The Morgan fingerprint density at radius 2 is 0.481 bits per heavy atom. The first-order valence-corrected chi connectivity index (χ1v) is 25.6. The molecule has 32 heteroatoms. The molecule has 0 aliphatic carbocycles. The lowest BCUT2D eigenvalue weighted by Gasteiger charge is -2.22. The van der Waals surface area contributed by atoms with Crippen LogP contribution in [0.25, 0.3) is 0 Å². The van der Waals surface area contributed by atoms with Gasteiger partial charge in [-0.15, -0.1) is 0 Å². The molecule has 6 N–H and O–H groups in total. The van der Waals surface area contributed by atoms with E-state index in [0.29, 0.717) is 25.7 Å². The summed E-state index contributed by atoms with van der Waals surface area (Å²) < 4.78 is 50.2. The molecule has 0 heterocycles. The first-order chi connectivity index (χ1) is 37.8. The molecule has 0 aliphatic heterocycles. The summed E-state index contributed by atoms with van der Waals surface area (Å²) in [6.07, 6.45) is -0.925. The molecule has 0 aromatic heterocycles. The third-order valence-electron chi connectivity index (χ3n) is 9.32. The van der Waals surface area contributed by atoms with E-state index in [9.17, 15) is 62.3 Å². The molecular weight excluding hydrogens is 1060 g/mol. The number of alkyl carbamates (subject to hydrolysis) is 4. The monoisotopic (exact) mass is 1140 g/mol. The molecule has 32 nitrogen and oxygen atoms in total. The zero-order valence-electron chi connectivity index (χ0n) is 45.7. The molecule has 0 rings (SSSR count). The van der Waals surface area contributed by atoms with Gasteiger partial charge in [0.25, 0.3) is 0 Å². The summed E-state index contributed by atoms with van der Waals surface area (Å²) >= 11 is 0. The topological polar surface area (TPSA) is 396 Å². The van der Waals surface area contributed by atoms with Crippen molar-refractivity contribution >= 4 is 77.8 Å². The number of Topliss-reactive ketones (excluding diaryl/α,β-unsaturated/α-hetero) is 1. The summed E-state index contributed by atoms with van der Waals surface area (Å²) in [6.45, 7) is 3.50. The smallest absolute Gasteiger partial charge is 0.407 e. The van der Waals surface area contributed by atoms with Crippen molar-refractivity contribution in [1.29, 1.82) is 0 Å². The molecule has 79 heavy (non-hydrogen) atoms. The van der Waals surface area contributed by atoms with Crippen molar-refractivity contribution in [2.75, 3.05) is 164 Å². The average Bonchev–Trinajstić information content (AvgIpc) is 3.40. The van der Waals surface area contributed by atoms with E-state index in [1.54, 1.807) is 27.7 Å². The Hall–Kier alpha value is -7.61. The van der Waals surface area contributed by atoms with Crippen LogP contribution in [0.5, 0.6) is 0 Å². The molecule has 6 amide bonds. The minimum atomic E-state index is -0.847. The second kappa shape index (κ2) is 46.5. The van der Waals surface area contributed by atoms with Crippen LogP contribution in [0.3, 0.4) is 0 Å². The number of nitrogens with one attached hydrogen (secondary N) is 6. The van der Waals surface area contributed by atoms with E-state index < -0.39 is 111 Å². The Labute approximate surface area is 457 Å². The number of hydrogen-bond donors (Lipinski definition) is 6. The summed E-state index contributed by atoms with van der Waals surface area (Å²) in [5.74, 6) is -6.50. The van der Waals surface area contributed by atoms with Gasteiger partial charge in [-0.05, 0) is 32.6 Å². The molecule has 0 fully saturated rings. The standard InChI is InChI=1S/C47H79N9O23/c1-6-16-76-44(66)50-28-40(62)72-22-12-55(13-23-73-41(63)29-51-45(67)77-17-7-2)33-36(58)48-26-38(60)70-20-10-54(32-35(5)57)11-21-71-39(61)27-49-37(59)34-56(14-24-74-42(64)30-52-46(68)78-18-8-3)15-25-75-43(65)31-53-47(69)79-19-9-4/h6-34H2,1-5H3,(H,48,58)(H,49,59)(H,50,66)(H,51,67)(H,52,68)(H,53,69). The van der Waals surface area contributed by atoms with Crippen molar-refractivity contribution in [3.63, 3.8) is 0 Å². The molecule has 450 valence electrons. The van der Waals surface area contributed by atoms with Crippen molar-refractivity contribution in [1.82, 2.24) is 46.6 Å². The van der Waals surface area contributed by atoms with Crippen molar-refractivity contribution in [3.05, 3.63) is 0 Å². The number of carbonyl (C=O) groups excluding carboxylic acids is 13. The van der Waals surface area contributed by atoms with E-state index in [1.165, 1.54) is 21.6 Å². The quantitative estimate of drug-likeness (QED) is 0.0272. The fraction of sp³-hybridized carbons (Fsp3) is 0.723. The number of rotatable bonds is 44. The van der Waals surface area contributed by atoms with Crippen molar-refractivity contribution in [3.8, 4) is 0 Å². The molecule has 0 aromatic rings. The highest BCUT2D eigenvalue weighted by Crippen LogP contribution is 1.97. The maximum Gasteiger partial charge on any atom is 0.407 e. The molecule has 0 spiro atoms. The molecule has 0 aromatic carbocycles. The fourth-order valence-corrected chi connectivity index (χ4v) is 5.58. The second-order valence-electron chi connectivity index (χ2n) is 16.4. The molecule has 0 saturated heterocycles. The van der Waals surface area contributed by atoms with Crippen molar-refractivity contribution < 1.29 is 110 Å². The normalized spacial score (nSPS) is 10.5. The predicted octanol–water partition coefficient (Wildman–Crippen LogP) is -2.48. The Morgan fingerprint density at radius 3 is 0.684 bits per heavy atom. The van der Waals surface area contributed by atoms with Gasteiger partial charge in [-0.1, -0.05) is 27.7 Å². The highest BCUT2D eigenvalue weighted by Gasteiger charge is 2.19. The van der Waals surface area contributed by atoms with Gasteiger partial charge in [0, 0.05) is 39.3 Å². The third-order valence-corrected chi connectivity index (χ3v) is 9.32. The van der Waals surface area contributed by atoms with Crippen LogP contribution in [-0.2, 0) is 90.5 Å². The molecule has 0 unspecified atom stereocenters. The van der Waals surface area contributed by atoms with E-state index >= 15 is 0 Å². The van der Waals surface area contributed by atoms with Crippen LogP contribution in [0.4, 0.5) is 19.2 Å². The fourth-order valence-electron chi connectivity index (χ4n) is 5.58. The lowest BCUT2D eigenvalue weighted by molar-refractivity contribution is -0.146. The Morgan fingerprint density at radius 1 is 0.278 bits per heavy atom.